The molecule has 0 radical (unpaired) electrons. The third kappa shape index (κ3) is 2.57. The molecule has 136 valence electrons. The van der Waals surface area contributed by atoms with Gasteiger partial charge in [0, 0.05) is 42.0 Å². The summed E-state index contributed by atoms with van der Waals surface area (Å²) in [5.41, 5.74) is 5.03. The van der Waals surface area contributed by atoms with E-state index in [0.29, 0.717) is 32.0 Å². The maximum absolute atomic E-state index is 12.9. The van der Waals surface area contributed by atoms with Gasteiger partial charge >= 0.3 is 0 Å². The Morgan fingerprint density at radius 1 is 1.15 bits per heavy atom. The van der Waals surface area contributed by atoms with Crippen molar-refractivity contribution in [2.75, 3.05) is 26.3 Å². The zero-order valence-corrected chi connectivity index (χ0v) is 14.8. The number of aromatic nitrogens is 5. The van der Waals surface area contributed by atoms with Crippen LogP contribution in [0.5, 0.6) is 0 Å². The predicted octanol–water partition coefficient (Wildman–Crippen LogP) is 2.05. The topological polar surface area (TPSA) is 88.4 Å². The fourth-order valence-corrected chi connectivity index (χ4v) is 3.52. The second kappa shape index (κ2) is 6.17. The molecule has 1 fully saturated rings. The number of nitrogens with one attached hydrogen (secondary N) is 1. The van der Waals surface area contributed by atoms with Crippen molar-refractivity contribution in [2.45, 2.75) is 6.92 Å². The first kappa shape index (κ1) is 16.0. The number of imidazole rings is 1. The minimum atomic E-state index is -0.0292. The number of aromatic amines is 1. The molecule has 0 aliphatic carbocycles. The highest BCUT2D eigenvalue weighted by atomic mass is 16.5. The molecule has 0 bridgehead atoms. The molecule has 0 spiro atoms. The van der Waals surface area contributed by atoms with Crippen molar-refractivity contribution in [2.24, 2.45) is 0 Å². The molecule has 5 rings (SSSR count). The number of hydrogen-bond donors (Lipinski definition) is 1. The molecule has 0 saturated carbocycles. The van der Waals surface area contributed by atoms with Gasteiger partial charge in [0.15, 0.2) is 0 Å². The molecule has 27 heavy (non-hydrogen) atoms. The highest BCUT2D eigenvalue weighted by Crippen LogP contribution is 2.28. The monoisotopic (exact) mass is 362 g/mol. The quantitative estimate of drug-likeness (QED) is 0.590. The highest BCUT2D eigenvalue weighted by Gasteiger charge is 2.22. The van der Waals surface area contributed by atoms with Gasteiger partial charge in [0.25, 0.3) is 5.91 Å². The van der Waals surface area contributed by atoms with Gasteiger partial charge in [0.2, 0.25) is 0 Å². The van der Waals surface area contributed by atoms with Crippen molar-refractivity contribution < 1.29 is 9.53 Å². The predicted molar refractivity (Wildman–Crippen MR) is 99.5 cm³/mol. The Bertz CT molecular complexity index is 1160. The highest BCUT2D eigenvalue weighted by molar-refractivity contribution is 5.96. The van der Waals surface area contributed by atoms with Gasteiger partial charge in [-0.2, -0.15) is 5.10 Å². The molecule has 1 aliphatic rings. The van der Waals surface area contributed by atoms with Crippen LogP contribution in [-0.4, -0.2) is 61.7 Å². The molecule has 1 saturated heterocycles. The van der Waals surface area contributed by atoms with Crippen LogP contribution in [0.25, 0.3) is 27.7 Å². The number of morpholine rings is 1. The Labute approximate surface area is 154 Å². The summed E-state index contributed by atoms with van der Waals surface area (Å²) in [7, 11) is 0. The van der Waals surface area contributed by atoms with Crippen LogP contribution in [0.3, 0.4) is 0 Å². The van der Waals surface area contributed by atoms with Gasteiger partial charge in [-0.1, -0.05) is 0 Å². The molecule has 0 atom stereocenters. The van der Waals surface area contributed by atoms with Crippen molar-refractivity contribution >= 4 is 22.5 Å². The minimum absolute atomic E-state index is 0.0292. The number of nitrogens with zero attached hydrogens (tertiary/aromatic N) is 5. The van der Waals surface area contributed by atoms with Gasteiger partial charge in [0.05, 0.1) is 36.8 Å². The largest absolute Gasteiger partial charge is 0.378 e. The Morgan fingerprint density at radius 3 is 2.85 bits per heavy atom. The average Bonchev–Trinajstić information content (AvgIpc) is 3.36. The van der Waals surface area contributed by atoms with Gasteiger partial charge in [0.1, 0.15) is 11.3 Å². The van der Waals surface area contributed by atoms with Crippen molar-refractivity contribution in [3.05, 3.63) is 48.3 Å². The van der Waals surface area contributed by atoms with Crippen molar-refractivity contribution in [3.8, 4) is 11.1 Å². The Hall–Kier alpha value is -3.26. The number of carbonyl (C=O) groups excluding carboxylic acids is 1. The molecule has 4 aromatic heterocycles. The summed E-state index contributed by atoms with van der Waals surface area (Å²) in [5, 5.41) is 8.15. The molecule has 4 aromatic rings. The van der Waals surface area contributed by atoms with Crippen LogP contribution >= 0.6 is 0 Å². The summed E-state index contributed by atoms with van der Waals surface area (Å²) < 4.78 is 7.19. The number of rotatable bonds is 2. The third-order valence-corrected chi connectivity index (χ3v) is 5.01. The zero-order valence-electron chi connectivity index (χ0n) is 14.8. The van der Waals surface area contributed by atoms with Gasteiger partial charge in [-0.05, 0) is 19.1 Å². The molecular weight excluding hydrogens is 344 g/mol. The van der Waals surface area contributed by atoms with Gasteiger partial charge < -0.3 is 9.64 Å². The fraction of sp³-hybridized carbons (Fsp3) is 0.263. The Morgan fingerprint density at radius 2 is 2.00 bits per heavy atom. The fourth-order valence-electron chi connectivity index (χ4n) is 3.52. The molecule has 1 amide bonds. The molecule has 8 heteroatoms. The van der Waals surface area contributed by atoms with Crippen LogP contribution < -0.4 is 0 Å². The summed E-state index contributed by atoms with van der Waals surface area (Å²) >= 11 is 0. The smallest absolute Gasteiger partial charge is 0.272 e. The summed E-state index contributed by atoms with van der Waals surface area (Å²) in [6, 6.07) is 3.90. The van der Waals surface area contributed by atoms with Crippen molar-refractivity contribution in [1.82, 2.24) is 29.5 Å². The number of amides is 1. The number of hydrogen-bond acceptors (Lipinski definition) is 5. The Kier molecular flexibility index (Phi) is 3.64. The SMILES string of the molecule is Cc1ncc(-c2ccc3ncc(C(=O)N4CCOCC4)n3c2)c2cn[nH]c12. The van der Waals surface area contributed by atoms with Gasteiger partial charge in [-0.25, -0.2) is 4.98 Å². The van der Waals surface area contributed by atoms with E-state index in [-0.39, 0.29) is 5.91 Å². The van der Waals surface area contributed by atoms with E-state index in [0.717, 1.165) is 33.4 Å². The van der Waals surface area contributed by atoms with E-state index in [1.807, 2.05) is 35.9 Å². The van der Waals surface area contributed by atoms with E-state index < -0.39 is 0 Å². The normalized spacial score (nSPS) is 14.9. The second-order valence-corrected chi connectivity index (χ2v) is 6.61. The van der Waals surface area contributed by atoms with Crippen LogP contribution in [0.4, 0.5) is 0 Å². The van der Waals surface area contributed by atoms with Crippen LogP contribution in [0.15, 0.2) is 36.9 Å². The summed E-state index contributed by atoms with van der Waals surface area (Å²) in [4.78, 5) is 23.6. The van der Waals surface area contributed by atoms with Crippen LogP contribution in [0.1, 0.15) is 16.2 Å². The van der Waals surface area contributed by atoms with Gasteiger partial charge in [-0.3, -0.25) is 19.3 Å². The first-order valence-corrected chi connectivity index (χ1v) is 8.85. The van der Waals surface area contributed by atoms with Gasteiger partial charge in [-0.15, -0.1) is 0 Å². The molecule has 0 unspecified atom stereocenters. The maximum Gasteiger partial charge on any atom is 0.272 e. The lowest BCUT2D eigenvalue weighted by Gasteiger charge is -2.26. The van der Waals surface area contributed by atoms with Crippen molar-refractivity contribution in [3.63, 3.8) is 0 Å². The second-order valence-electron chi connectivity index (χ2n) is 6.61. The summed E-state index contributed by atoms with van der Waals surface area (Å²) in [6.07, 6.45) is 7.22. The lowest BCUT2D eigenvalue weighted by molar-refractivity contribution is 0.0298. The first-order chi connectivity index (χ1) is 13.2. The standard InChI is InChI=1S/C19H18N6O2/c1-12-18-15(9-22-23-18)14(8-20-12)13-2-3-17-21-10-16(25(17)11-13)19(26)24-4-6-27-7-5-24/h2-3,8-11H,4-7H2,1H3,(H,22,23). The lowest BCUT2D eigenvalue weighted by Crippen LogP contribution is -2.41. The lowest BCUT2D eigenvalue weighted by atomic mass is 10.1. The number of ether oxygens (including phenoxy) is 1. The number of pyridine rings is 2. The number of fused-ring (bicyclic) bond motifs is 2. The molecular formula is C19H18N6O2. The zero-order chi connectivity index (χ0) is 18.4. The number of H-pyrrole nitrogens is 1. The average molecular weight is 362 g/mol. The Balaban J connectivity index is 1.61. The van der Waals surface area contributed by atoms with E-state index in [2.05, 4.69) is 20.2 Å². The number of carbonyl (C=O) groups is 1. The van der Waals surface area contributed by atoms with Crippen LogP contribution in [0, 0.1) is 6.92 Å². The van der Waals surface area contributed by atoms with E-state index in [4.69, 9.17) is 4.74 Å². The van der Waals surface area contributed by atoms with E-state index >= 15 is 0 Å². The third-order valence-electron chi connectivity index (χ3n) is 5.01. The molecule has 5 heterocycles. The summed E-state index contributed by atoms with van der Waals surface area (Å²) in [6.45, 7) is 4.29. The summed E-state index contributed by atoms with van der Waals surface area (Å²) in [5.74, 6) is -0.0292. The van der Waals surface area contributed by atoms with E-state index in [9.17, 15) is 4.79 Å². The number of aryl methyl sites for hydroxylation is 1. The first-order valence-electron chi connectivity index (χ1n) is 8.85. The van der Waals surface area contributed by atoms with E-state index in [1.165, 1.54) is 0 Å². The van der Waals surface area contributed by atoms with Crippen LogP contribution in [0.2, 0.25) is 0 Å². The van der Waals surface area contributed by atoms with Crippen LogP contribution in [-0.2, 0) is 4.74 Å². The molecule has 0 aromatic carbocycles. The molecule has 1 N–H and O–H groups in total. The molecule has 8 nitrogen and oxygen atoms in total. The molecule has 1 aliphatic heterocycles. The maximum atomic E-state index is 12.9. The van der Waals surface area contributed by atoms with Crippen molar-refractivity contribution in [1.29, 1.82) is 0 Å². The minimum Gasteiger partial charge on any atom is -0.378 e. The van der Waals surface area contributed by atoms with E-state index in [1.54, 1.807) is 17.3 Å².